The molecule has 2 heterocycles. The minimum absolute atomic E-state index is 0.0129. The van der Waals surface area contributed by atoms with Crippen molar-refractivity contribution >= 4 is 27.6 Å². The Morgan fingerprint density at radius 1 is 1.23 bits per heavy atom. The van der Waals surface area contributed by atoms with E-state index in [1.54, 1.807) is 18.2 Å². The number of hydrogen-bond donors (Lipinski definition) is 2. The van der Waals surface area contributed by atoms with Crippen molar-refractivity contribution in [2.75, 3.05) is 51.4 Å². The highest BCUT2D eigenvalue weighted by molar-refractivity contribution is 7.91. The van der Waals surface area contributed by atoms with Crippen molar-refractivity contribution in [2.24, 2.45) is 5.92 Å². The van der Waals surface area contributed by atoms with Gasteiger partial charge in [-0.2, -0.15) is 0 Å². The second kappa shape index (κ2) is 9.99. The standard InChI is InChI=1S/C20H27N3O7S/c1-29-15-3-4-16-17(11-15)30-9-7-21-18(24)12-23(8-2-6-22-19(16)25)20(26)14-5-10-31(27,28)13-14/h3-4,11,14H,2,5-10,12-13H2,1H3,(H,21,24)(H,22,25). The van der Waals surface area contributed by atoms with Gasteiger partial charge in [-0.15, -0.1) is 0 Å². The number of rotatable bonds is 2. The lowest BCUT2D eigenvalue weighted by Crippen LogP contribution is -2.45. The maximum absolute atomic E-state index is 12.8. The summed E-state index contributed by atoms with van der Waals surface area (Å²) in [6, 6.07) is 4.87. The lowest BCUT2D eigenvalue weighted by Gasteiger charge is -2.25. The van der Waals surface area contributed by atoms with Crippen molar-refractivity contribution in [3.63, 3.8) is 0 Å². The first-order valence-electron chi connectivity index (χ1n) is 10.1. The first-order valence-corrected chi connectivity index (χ1v) is 12.0. The van der Waals surface area contributed by atoms with E-state index in [4.69, 9.17) is 9.47 Å². The van der Waals surface area contributed by atoms with E-state index in [2.05, 4.69) is 10.6 Å². The number of methoxy groups -OCH3 is 1. The highest BCUT2D eigenvalue weighted by atomic mass is 32.2. The molecule has 2 aliphatic heterocycles. The number of nitrogens with zero attached hydrogens (tertiary/aromatic N) is 1. The molecule has 10 nitrogen and oxygen atoms in total. The van der Waals surface area contributed by atoms with E-state index < -0.39 is 15.8 Å². The molecule has 0 aromatic heterocycles. The van der Waals surface area contributed by atoms with Crippen molar-refractivity contribution in [2.45, 2.75) is 12.8 Å². The molecular weight excluding hydrogens is 426 g/mol. The fraction of sp³-hybridized carbons (Fsp3) is 0.550. The SMILES string of the molecule is COc1ccc2c(c1)OCCNC(=O)CN(C(=O)C1CCS(=O)(=O)C1)CCCNC2=O. The maximum Gasteiger partial charge on any atom is 0.255 e. The summed E-state index contributed by atoms with van der Waals surface area (Å²) in [5.41, 5.74) is 0.341. The summed E-state index contributed by atoms with van der Waals surface area (Å²) in [4.78, 5) is 39.1. The highest BCUT2D eigenvalue weighted by Crippen LogP contribution is 2.25. The van der Waals surface area contributed by atoms with Gasteiger partial charge in [0.25, 0.3) is 5.91 Å². The molecule has 1 aromatic rings. The second-order valence-corrected chi connectivity index (χ2v) is 9.76. The van der Waals surface area contributed by atoms with Crippen LogP contribution < -0.4 is 20.1 Å². The van der Waals surface area contributed by atoms with Crippen LogP contribution in [0.25, 0.3) is 0 Å². The molecule has 1 atom stereocenters. The third-order valence-electron chi connectivity index (χ3n) is 5.23. The number of sulfone groups is 1. The lowest BCUT2D eigenvalue weighted by atomic mass is 10.1. The van der Waals surface area contributed by atoms with E-state index in [0.717, 1.165) is 0 Å². The predicted octanol–water partition coefficient (Wildman–Crippen LogP) is -0.413. The van der Waals surface area contributed by atoms with Crippen LogP contribution in [0.5, 0.6) is 11.5 Å². The quantitative estimate of drug-likeness (QED) is 0.622. The Morgan fingerprint density at radius 2 is 2.03 bits per heavy atom. The molecule has 170 valence electrons. The number of nitrogens with one attached hydrogen (secondary N) is 2. The Morgan fingerprint density at radius 3 is 2.74 bits per heavy atom. The fourth-order valence-electron chi connectivity index (χ4n) is 3.60. The van der Waals surface area contributed by atoms with Gasteiger partial charge in [-0.3, -0.25) is 14.4 Å². The molecule has 0 radical (unpaired) electrons. The summed E-state index contributed by atoms with van der Waals surface area (Å²) >= 11 is 0. The van der Waals surface area contributed by atoms with Gasteiger partial charge in [-0.1, -0.05) is 0 Å². The minimum atomic E-state index is -3.21. The van der Waals surface area contributed by atoms with Gasteiger partial charge in [0.05, 0.1) is 43.2 Å². The Balaban J connectivity index is 1.70. The lowest BCUT2D eigenvalue weighted by molar-refractivity contribution is -0.138. The maximum atomic E-state index is 12.8. The molecule has 0 aliphatic carbocycles. The van der Waals surface area contributed by atoms with E-state index in [0.29, 0.717) is 23.5 Å². The van der Waals surface area contributed by atoms with Gasteiger partial charge in [-0.05, 0) is 25.0 Å². The summed E-state index contributed by atoms with van der Waals surface area (Å²) in [7, 11) is -1.70. The number of fused-ring (bicyclic) bond motifs is 1. The molecule has 3 amide bonds. The molecule has 1 unspecified atom stereocenters. The number of carbonyl (C=O) groups excluding carboxylic acids is 3. The molecule has 2 aliphatic rings. The summed E-state index contributed by atoms with van der Waals surface area (Å²) in [6.07, 6.45) is 0.681. The number of ether oxygens (including phenoxy) is 2. The first-order chi connectivity index (χ1) is 14.8. The van der Waals surface area contributed by atoms with Crippen molar-refractivity contribution in [3.05, 3.63) is 23.8 Å². The summed E-state index contributed by atoms with van der Waals surface area (Å²) in [5, 5.41) is 5.48. The zero-order valence-corrected chi connectivity index (χ0v) is 18.2. The molecule has 1 fully saturated rings. The van der Waals surface area contributed by atoms with Gasteiger partial charge in [0, 0.05) is 19.2 Å². The Labute approximate surface area is 181 Å². The van der Waals surface area contributed by atoms with Crippen LogP contribution >= 0.6 is 0 Å². The zero-order chi connectivity index (χ0) is 22.4. The van der Waals surface area contributed by atoms with Gasteiger partial charge in [0.1, 0.15) is 18.1 Å². The third kappa shape index (κ3) is 6.09. The van der Waals surface area contributed by atoms with Crippen LogP contribution in [-0.4, -0.2) is 82.4 Å². The molecule has 0 bridgehead atoms. The fourth-order valence-corrected chi connectivity index (χ4v) is 5.33. The van der Waals surface area contributed by atoms with Crippen molar-refractivity contribution in [1.82, 2.24) is 15.5 Å². The van der Waals surface area contributed by atoms with E-state index in [9.17, 15) is 22.8 Å². The number of hydrogen-bond acceptors (Lipinski definition) is 7. The van der Waals surface area contributed by atoms with Crippen molar-refractivity contribution in [1.29, 1.82) is 0 Å². The Hall–Kier alpha value is -2.82. The topological polar surface area (TPSA) is 131 Å². The highest BCUT2D eigenvalue weighted by Gasteiger charge is 2.35. The molecule has 0 spiro atoms. The summed E-state index contributed by atoms with van der Waals surface area (Å²) < 4.78 is 34.3. The molecule has 1 aromatic carbocycles. The van der Waals surface area contributed by atoms with E-state index in [1.807, 2.05) is 0 Å². The van der Waals surface area contributed by atoms with Crippen LogP contribution in [0.4, 0.5) is 0 Å². The number of amides is 3. The minimum Gasteiger partial charge on any atom is -0.497 e. The van der Waals surface area contributed by atoms with Gasteiger partial charge in [0.15, 0.2) is 9.84 Å². The van der Waals surface area contributed by atoms with Crippen LogP contribution in [0, 0.1) is 5.92 Å². The second-order valence-electron chi connectivity index (χ2n) is 7.53. The van der Waals surface area contributed by atoms with Crippen LogP contribution in [0.2, 0.25) is 0 Å². The largest absolute Gasteiger partial charge is 0.497 e. The average Bonchev–Trinajstić information content (AvgIpc) is 3.11. The predicted molar refractivity (Wildman–Crippen MR) is 112 cm³/mol. The van der Waals surface area contributed by atoms with Gasteiger partial charge in [-0.25, -0.2) is 8.42 Å². The van der Waals surface area contributed by atoms with Crippen molar-refractivity contribution < 1.29 is 32.3 Å². The average molecular weight is 454 g/mol. The Bertz CT molecular complexity index is 948. The zero-order valence-electron chi connectivity index (χ0n) is 17.4. The van der Waals surface area contributed by atoms with Gasteiger partial charge in [0.2, 0.25) is 11.8 Å². The Kier molecular flexibility index (Phi) is 7.37. The number of carbonyl (C=O) groups is 3. The normalized spacial score (nSPS) is 22.4. The summed E-state index contributed by atoms with van der Waals surface area (Å²) in [5.74, 6) is -0.958. The van der Waals surface area contributed by atoms with Crippen LogP contribution in [0.3, 0.4) is 0 Å². The summed E-state index contributed by atoms with van der Waals surface area (Å²) in [6.45, 7) is 0.631. The molecule has 31 heavy (non-hydrogen) atoms. The first kappa shape index (κ1) is 22.9. The molecule has 2 N–H and O–H groups in total. The van der Waals surface area contributed by atoms with E-state index in [-0.39, 0.29) is 68.4 Å². The van der Waals surface area contributed by atoms with Crippen LogP contribution in [-0.2, 0) is 19.4 Å². The van der Waals surface area contributed by atoms with E-state index in [1.165, 1.54) is 12.0 Å². The molecule has 3 rings (SSSR count). The third-order valence-corrected chi connectivity index (χ3v) is 7.00. The molecule has 11 heteroatoms. The number of benzene rings is 1. The molecular formula is C20H27N3O7S. The molecule has 1 saturated heterocycles. The van der Waals surface area contributed by atoms with E-state index >= 15 is 0 Å². The van der Waals surface area contributed by atoms with Crippen molar-refractivity contribution in [3.8, 4) is 11.5 Å². The van der Waals surface area contributed by atoms with Crippen LogP contribution in [0.1, 0.15) is 23.2 Å². The smallest absolute Gasteiger partial charge is 0.255 e. The van der Waals surface area contributed by atoms with Gasteiger partial charge >= 0.3 is 0 Å². The molecule has 0 saturated carbocycles. The van der Waals surface area contributed by atoms with Gasteiger partial charge < -0.3 is 25.0 Å². The monoisotopic (exact) mass is 453 g/mol. The van der Waals surface area contributed by atoms with Crippen LogP contribution in [0.15, 0.2) is 18.2 Å².